The summed E-state index contributed by atoms with van der Waals surface area (Å²) in [7, 11) is 0. The van der Waals surface area contributed by atoms with Gasteiger partial charge in [-0.1, -0.05) is 5.16 Å². The number of rotatable bonds is 5. The maximum Gasteiger partial charge on any atom is 0.242 e. The first-order chi connectivity index (χ1) is 11.9. The first kappa shape index (κ1) is 17.6. The van der Waals surface area contributed by atoms with Gasteiger partial charge in [-0.25, -0.2) is 0 Å². The molecule has 1 amide bonds. The van der Waals surface area contributed by atoms with E-state index in [-0.39, 0.29) is 18.1 Å². The molecule has 1 aliphatic rings. The fourth-order valence-electron chi connectivity index (χ4n) is 3.08. The number of hydrogen-bond acceptors (Lipinski definition) is 6. The molecule has 8 heteroatoms. The fourth-order valence-corrected chi connectivity index (χ4v) is 3.08. The number of carbonyl (C=O) groups is 1. The maximum absolute atomic E-state index is 12.5. The SMILES string of the molecule is Cc1cc(C)n(CC2CN(C(C)C(=O)Nc3cc(C)on3)CCO2)n1. The minimum Gasteiger partial charge on any atom is -0.374 e. The highest BCUT2D eigenvalue weighted by Crippen LogP contribution is 2.14. The zero-order valence-corrected chi connectivity index (χ0v) is 15.2. The van der Waals surface area contributed by atoms with Crippen molar-refractivity contribution in [3.05, 3.63) is 29.3 Å². The van der Waals surface area contributed by atoms with E-state index >= 15 is 0 Å². The van der Waals surface area contributed by atoms with Crippen LogP contribution in [0.15, 0.2) is 16.7 Å². The fraction of sp³-hybridized carbons (Fsp3) is 0.588. The Morgan fingerprint density at radius 2 is 2.20 bits per heavy atom. The molecule has 2 aromatic heterocycles. The second-order valence-electron chi connectivity index (χ2n) is 6.58. The van der Waals surface area contributed by atoms with Crippen LogP contribution in [-0.2, 0) is 16.1 Å². The van der Waals surface area contributed by atoms with Crippen molar-refractivity contribution in [2.75, 3.05) is 25.0 Å². The minimum absolute atomic E-state index is 0.0105. The lowest BCUT2D eigenvalue weighted by Gasteiger charge is -2.36. The molecule has 0 spiro atoms. The van der Waals surface area contributed by atoms with Crippen LogP contribution in [0.5, 0.6) is 0 Å². The third-order valence-corrected chi connectivity index (χ3v) is 4.46. The van der Waals surface area contributed by atoms with E-state index in [1.807, 2.05) is 25.5 Å². The third kappa shape index (κ3) is 4.26. The Kier molecular flexibility index (Phi) is 5.19. The van der Waals surface area contributed by atoms with Crippen LogP contribution in [0, 0.1) is 20.8 Å². The van der Waals surface area contributed by atoms with Gasteiger partial charge in [-0.3, -0.25) is 14.4 Å². The average molecular weight is 347 g/mol. The predicted molar refractivity (Wildman–Crippen MR) is 92.3 cm³/mol. The smallest absolute Gasteiger partial charge is 0.242 e. The lowest BCUT2D eigenvalue weighted by Crippen LogP contribution is -2.51. The van der Waals surface area contributed by atoms with Gasteiger partial charge in [0.25, 0.3) is 0 Å². The Hall–Kier alpha value is -2.19. The number of amides is 1. The topological polar surface area (TPSA) is 85.4 Å². The van der Waals surface area contributed by atoms with Gasteiger partial charge in [0.05, 0.1) is 31.0 Å². The summed E-state index contributed by atoms with van der Waals surface area (Å²) in [5.74, 6) is 1.01. The van der Waals surface area contributed by atoms with Crippen LogP contribution in [0.2, 0.25) is 0 Å². The number of hydrogen-bond donors (Lipinski definition) is 1. The molecule has 0 radical (unpaired) electrons. The highest BCUT2D eigenvalue weighted by molar-refractivity contribution is 5.93. The predicted octanol–water partition coefficient (Wildman–Crippen LogP) is 1.52. The number of aryl methyl sites for hydroxylation is 3. The molecule has 25 heavy (non-hydrogen) atoms. The summed E-state index contributed by atoms with van der Waals surface area (Å²) in [6.45, 7) is 10.4. The molecule has 1 fully saturated rings. The molecule has 2 atom stereocenters. The zero-order valence-electron chi connectivity index (χ0n) is 15.2. The van der Waals surface area contributed by atoms with Crippen molar-refractivity contribution >= 4 is 11.7 Å². The van der Waals surface area contributed by atoms with Crippen molar-refractivity contribution in [3.8, 4) is 0 Å². The van der Waals surface area contributed by atoms with Crippen molar-refractivity contribution in [2.24, 2.45) is 0 Å². The van der Waals surface area contributed by atoms with E-state index in [2.05, 4.69) is 26.5 Å². The summed E-state index contributed by atoms with van der Waals surface area (Å²) < 4.78 is 12.8. The molecule has 1 aliphatic heterocycles. The van der Waals surface area contributed by atoms with Gasteiger partial charge < -0.3 is 14.6 Å². The number of nitrogens with one attached hydrogen (secondary N) is 1. The van der Waals surface area contributed by atoms with E-state index < -0.39 is 0 Å². The summed E-state index contributed by atoms with van der Waals surface area (Å²) in [5.41, 5.74) is 2.12. The summed E-state index contributed by atoms with van der Waals surface area (Å²) in [6, 6.07) is 3.48. The van der Waals surface area contributed by atoms with Crippen molar-refractivity contribution in [1.29, 1.82) is 0 Å². The molecule has 1 saturated heterocycles. The lowest BCUT2D eigenvalue weighted by molar-refractivity contribution is -0.124. The molecule has 0 aliphatic carbocycles. The van der Waals surface area contributed by atoms with Gasteiger partial charge in [0.15, 0.2) is 5.82 Å². The lowest BCUT2D eigenvalue weighted by atomic mass is 10.2. The van der Waals surface area contributed by atoms with Crippen LogP contribution in [0.25, 0.3) is 0 Å². The van der Waals surface area contributed by atoms with Crippen molar-refractivity contribution in [3.63, 3.8) is 0 Å². The van der Waals surface area contributed by atoms with Crippen LogP contribution in [0.3, 0.4) is 0 Å². The second-order valence-corrected chi connectivity index (χ2v) is 6.58. The van der Waals surface area contributed by atoms with Crippen LogP contribution < -0.4 is 5.32 Å². The molecule has 2 unspecified atom stereocenters. The van der Waals surface area contributed by atoms with Crippen molar-refractivity contribution in [2.45, 2.75) is 46.4 Å². The van der Waals surface area contributed by atoms with Gasteiger partial charge in [0.2, 0.25) is 5.91 Å². The van der Waals surface area contributed by atoms with E-state index in [9.17, 15) is 4.79 Å². The maximum atomic E-state index is 12.5. The second kappa shape index (κ2) is 7.37. The van der Waals surface area contributed by atoms with Gasteiger partial charge >= 0.3 is 0 Å². The van der Waals surface area contributed by atoms with Crippen molar-refractivity contribution in [1.82, 2.24) is 19.8 Å². The van der Waals surface area contributed by atoms with Crippen molar-refractivity contribution < 1.29 is 14.1 Å². The van der Waals surface area contributed by atoms with E-state index in [1.165, 1.54) is 0 Å². The van der Waals surface area contributed by atoms with Crippen LogP contribution in [-0.4, -0.2) is 57.6 Å². The van der Waals surface area contributed by atoms with Gasteiger partial charge in [0.1, 0.15) is 5.76 Å². The van der Waals surface area contributed by atoms with Crippen LogP contribution >= 0.6 is 0 Å². The standard InChI is InChI=1S/C17H25N5O3/c1-11-7-12(2)22(19-11)10-15-9-21(5-6-24-15)14(4)17(23)18-16-8-13(3)25-20-16/h7-8,14-15H,5-6,9-10H2,1-4H3,(H,18,20,23). The molecule has 2 aromatic rings. The number of nitrogens with zero attached hydrogens (tertiary/aromatic N) is 4. The van der Waals surface area contributed by atoms with Gasteiger partial charge in [-0.05, 0) is 33.8 Å². The van der Waals surface area contributed by atoms with Crippen LogP contribution in [0.4, 0.5) is 5.82 Å². The van der Waals surface area contributed by atoms with E-state index in [0.29, 0.717) is 31.3 Å². The van der Waals surface area contributed by atoms with Gasteiger partial charge in [-0.2, -0.15) is 5.10 Å². The Balaban J connectivity index is 1.58. The number of anilines is 1. The summed E-state index contributed by atoms with van der Waals surface area (Å²) >= 11 is 0. The minimum atomic E-state index is -0.274. The first-order valence-electron chi connectivity index (χ1n) is 8.53. The van der Waals surface area contributed by atoms with E-state index in [0.717, 1.165) is 17.9 Å². The van der Waals surface area contributed by atoms with Gasteiger partial charge in [0, 0.05) is 24.8 Å². The molecule has 0 bridgehead atoms. The molecule has 0 aromatic carbocycles. The monoisotopic (exact) mass is 347 g/mol. The summed E-state index contributed by atoms with van der Waals surface area (Å²) in [5, 5.41) is 11.1. The Labute approximate surface area is 147 Å². The van der Waals surface area contributed by atoms with Crippen LogP contribution in [0.1, 0.15) is 24.1 Å². The van der Waals surface area contributed by atoms with Gasteiger partial charge in [-0.15, -0.1) is 0 Å². The molecule has 1 N–H and O–H groups in total. The molecule has 3 rings (SSSR count). The normalized spacial score (nSPS) is 19.8. The Morgan fingerprint density at radius 1 is 1.40 bits per heavy atom. The molecule has 136 valence electrons. The molecule has 8 nitrogen and oxygen atoms in total. The third-order valence-electron chi connectivity index (χ3n) is 4.46. The molecule has 3 heterocycles. The van der Waals surface area contributed by atoms with E-state index in [4.69, 9.17) is 9.26 Å². The average Bonchev–Trinajstić information content (AvgIpc) is 3.11. The molecule has 0 saturated carbocycles. The van der Waals surface area contributed by atoms with E-state index in [1.54, 1.807) is 13.0 Å². The number of ether oxygens (including phenoxy) is 1. The highest BCUT2D eigenvalue weighted by atomic mass is 16.5. The number of morpholine rings is 1. The number of aromatic nitrogens is 3. The molecular formula is C17H25N5O3. The quantitative estimate of drug-likeness (QED) is 0.883. The molecular weight excluding hydrogens is 322 g/mol. The largest absolute Gasteiger partial charge is 0.374 e. The number of carbonyl (C=O) groups excluding carboxylic acids is 1. The Bertz CT molecular complexity index is 738. The summed E-state index contributed by atoms with van der Waals surface area (Å²) in [6.07, 6.45) is 0.0105. The summed E-state index contributed by atoms with van der Waals surface area (Å²) in [4.78, 5) is 14.6. The first-order valence-corrected chi connectivity index (χ1v) is 8.53. The zero-order chi connectivity index (χ0) is 18.0. The Morgan fingerprint density at radius 3 is 2.84 bits per heavy atom. The highest BCUT2D eigenvalue weighted by Gasteiger charge is 2.29.